The maximum atomic E-state index is 14.8. The molecule has 4 aromatic rings. The number of carbonyl (C=O) groups is 1. The molecule has 3 aromatic heterocycles. The molecule has 1 saturated carbocycles. The molecule has 5 atom stereocenters. The summed E-state index contributed by atoms with van der Waals surface area (Å²) in [6.07, 6.45) is 4.04. The fourth-order valence-corrected chi connectivity index (χ4v) is 9.38. The predicted molar refractivity (Wildman–Crippen MR) is 178 cm³/mol. The number of hydrogen-bond acceptors (Lipinski definition) is 11. The highest BCUT2D eigenvalue weighted by molar-refractivity contribution is 7.91. The van der Waals surface area contributed by atoms with E-state index in [1.807, 2.05) is 4.72 Å². The molecule has 2 saturated heterocycles. The summed E-state index contributed by atoms with van der Waals surface area (Å²) in [5.41, 5.74) is -1.63. The van der Waals surface area contributed by atoms with Crippen LogP contribution in [-0.4, -0.2) is 58.1 Å². The van der Waals surface area contributed by atoms with Crippen LogP contribution in [0.1, 0.15) is 75.6 Å². The lowest BCUT2D eigenvalue weighted by molar-refractivity contribution is -0.122. The van der Waals surface area contributed by atoms with Crippen molar-refractivity contribution in [1.82, 2.24) is 18.8 Å². The van der Waals surface area contributed by atoms with Crippen molar-refractivity contribution in [3.63, 3.8) is 0 Å². The average molecular weight is 753 g/mol. The van der Waals surface area contributed by atoms with Crippen LogP contribution in [0.25, 0.3) is 21.0 Å². The Morgan fingerprint density at radius 3 is 2.53 bits per heavy atom. The van der Waals surface area contributed by atoms with E-state index in [4.69, 9.17) is 18.6 Å². The van der Waals surface area contributed by atoms with Crippen molar-refractivity contribution < 1.29 is 45.0 Å². The van der Waals surface area contributed by atoms with E-state index < -0.39 is 69.1 Å². The Balaban J connectivity index is 1.39. The van der Waals surface area contributed by atoms with E-state index in [-0.39, 0.29) is 39.6 Å². The molecular formula is C33H35F3N4O9S2. The number of fused-ring (bicyclic) bond motifs is 3. The molecule has 7 rings (SSSR count). The summed E-state index contributed by atoms with van der Waals surface area (Å²) < 4.78 is 93.4. The van der Waals surface area contributed by atoms with Crippen molar-refractivity contribution in [3.05, 3.63) is 68.4 Å². The topological polar surface area (TPSA) is 161 Å². The molecule has 51 heavy (non-hydrogen) atoms. The number of nitrogens with one attached hydrogen (secondary N) is 1. The van der Waals surface area contributed by atoms with E-state index in [9.17, 15) is 36.0 Å². The summed E-state index contributed by atoms with van der Waals surface area (Å²) in [7, 11) is -4.13. The molecule has 0 radical (unpaired) electrons. The maximum Gasteiger partial charge on any atom is 0.387 e. The van der Waals surface area contributed by atoms with Gasteiger partial charge in [0.1, 0.15) is 34.8 Å². The van der Waals surface area contributed by atoms with Gasteiger partial charge in [-0.05, 0) is 83.1 Å². The van der Waals surface area contributed by atoms with Gasteiger partial charge < -0.3 is 18.6 Å². The van der Waals surface area contributed by atoms with Gasteiger partial charge >= 0.3 is 12.3 Å². The minimum atomic E-state index is -4.13. The highest BCUT2D eigenvalue weighted by Crippen LogP contribution is 2.43. The third-order valence-corrected chi connectivity index (χ3v) is 13.4. The van der Waals surface area contributed by atoms with Gasteiger partial charge in [-0.25, -0.2) is 27.2 Å². The van der Waals surface area contributed by atoms with Crippen LogP contribution >= 0.6 is 11.3 Å². The summed E-state index contributed by atoms with van der Waals surface area (Å²) in [6.45, 7) is 0.612. The summed E-state index contributed by atoms with van der Waals surface area (Å²) in [5, 5.41) is 0.00983. The number of carbonyl (C=O) groups excluding carboxylic acids is 1. The number of rotatable bonds is 12. The Kier molecular flexibility index (Phi) is 9.16. The standard InChI is InChI=1S/C33H35F3N4O9S2/c1-16-25-29(42)40(17(2)27(41)38-51(44,45)33(3)8-9-33)32(43)39(30(25)50-26(16)28-37-10-11-46-28)15-24(48-21-13-19-5-6-20(14-21)47-19)22-12-18(34)4-7-23(22)49-31(35)36/h4,7,10-12,17,19-21,24,31H,5-6,8-9,13-15H2,1-3H3,(H,38,41)/t17-,19-,20+,21?,24-/m0/s1. The number of aryl methyl sites for hydroxylation is 1. The Morgan fingerprint density at radius 2 is 1.90 bits per heavy atom. The van der Waals surface area contributed by atoms with E-state index in [1.54, 1.807) is 6.92 Å². The number of ether oxygens (including phenoxy) is 3. The number of benzene rings is 1. The van der Waals surface area contributed by atoms with Crippen LogP contribution in [0.15, 0.2) is 44.7 Å². The molecule has 0 spiro atoms. The van der Waals surface area contributed by atoms with Crippen molar-refractivity contribution in [2.45, 2.75) is 108 Å². The van der Waals surface area contributed by atoms with Gasteiger partial charge in [0.05, 0.1) is 46.1 Å². The number of hydrogen-bond donors (Lipinski definition) is 1. The monoisotopic (exact) mass is 752 g/mol. The van der Waals surface area contributed by atoms with Crippen molar-refractivity contribution >= 4 is 37.5 Å². The van der Waals surface area contributed by atoms with Crippen molar-refractivity contribution in [2.75, 3.05) is 0 Å². The number of oxazole rings is 1. The summed E-state index contributed by atoms with van der Waals surface area (Å²) in [6, 6.07) is 1.38. The Bertz CT molecular complexity index is 2200. The lowest BCUT2D eigenvalue weighted by atomic mass is 10.0. The minimum Gasteiger partial charge on any atom is -0.444 e. The zero-order chi connectivity index (χ0) is 36.4. The van der Waals surface area contributed by atoms with E-state index >= 15 is 0 Å². The van der Waals surface area contributed by atoms with E-state index in [0.29, 0.717) is 40.7 Å². The molecule has 3 aliphatic rings. The molecule has 1 N–H and O–H groups in total. The van der Waals surface area contributed by atoms with Crippen LogP contribution in [0.5, 0.6) is 5.75 Å². The maximum absolute atomic E-state index is 14.8. The molecule has 1 amide bonds. The number of thiophene rings is 1. The lowest BCUT2D eigenvalue weighted by Gasteiger charge is -2.32. The van der Waals surface area contributed by atoms with Crippen molar-refractivity contribution in [2.24, 2.45) is 0 Å². The number of nitrogens with zero attached hydrogens (tertiary/aromatic N) is 3. The largest absolute Gasteiger partial charge is 0.444 e. The summed E-state index contributed by atoms with van der Waals surface area (Å²) in [4.78, 5) is 46.8. The molecular weight excluding hydrogens is 718 g/mol. The first kappa shape index (κ1) is 35.4. The SMILES string of the molecule is Cc1c(-c2ncco2)sc2c1c(=O)n([C@@H](C)C(=O)NS(=O)(=O)C1(C)CC1)c(=O)n2C[C@H](OC1C[C@H]2CC[C@@H](C1)O2)c1cc(F)ccc1OC(F)F. The number of sulfonamides is 1. The molecule has 2 bridgehead atoms. The van der Waals surface area contributed by atoms with Gasteiger partial charge in [0.2, 0.25) is 15.9 Å². The quantitative estimate of drug-likeness (QED) is 0.210. The molecule has 1 unspecified atom stereocenters. The molecule has 3 fully saturated rings. The second-order valence-electron chi connectivity index (χ2n) is 13.5. The Labute approximate surface area is 293 Å². The third kappa shape index (κ3) is 6.62. The summed E-state index contributed by atoms with van der Waals surface area (Å²) in [5.74, 6) is -2.10. The fourth-order valence-electron chi connectivity index (χ4n) is 6.82. The van der Waals surface area contributed by atoms with Crippen LogP contribution in [0.2, 0.25) is 0 Å². The normalized spacial score (nSPS) is 22.3. The second kappa shape index (κ2) is 13.2. The zero-order valence-corrected chi connectivity index (χ0v) is 29.4. The van der Waals surface area contributed by atoms with E-state index in [1.165, 1.54) is 26.3 Å². The summed E-state index contributed by atoms with van der Waals surface area (Å²) >= 11 is 0.995. The molecule has 18 heteroatoms. The number of aromatic nitrogens is 3. The molecule has 274 valence electrons. The van der Waals surface area contributed by atoms with Gasteiger partial charge in [0, 0.05) is 5.56 Å². The van der Waals surface area contributed by atoms with Crippen LogP contribution in [0, 0.1) is 12.7 Å². The number of amides is 1. The van der Waals surface area contributed by atoms with Crippen LogP contribution in [0.4, 0.5) is 13.2 Å². The molecule has 1 aliphatic carbocycles. The molecule has 1 aromatic carbocycles. The smallest absolute Gasteiger partial charge is 0.387 e. The van der Waals surface area contributed by atoms with Gasteiger partial charge in [0.25, 0.3) is 11.5 Å². The average Bonchev–Trinajstić information content (AvgIpc) is 3.36. The fraction of sp³-hybridized carbons (Fsp3) is 0.515. The minimum absolute atomic E-state index is 0.00983. The molecule has 2 aliphatic heterocycles. The van der Waals surface area contributed by atoms with Crippen LogP contribution in [0.3, 0.4) is 0 Å². The van der Waals surface area contributed by atoms with Gasteiger partial charge in [-0.2, -0.15) is 8.78 Å². The molecule has 13 nitrogen and oxygen atoms in total. The third-order valence-electron chi connectivity index (χ3n) is 9.96. The van der Waals surface area contributed by atoms with Crippen molar-refractivity contribution in [3.8, 4) is 16.5 Å². The van der Waals surface area contributed by atoms with Crippen LogP contribution < -0.4 is 20.7 Å². The van der Waals surface area contributed by atoms with E-state index in [2.05, 4.69) is 4.98 Å². The first-order chi connectivity index (χ1) is 24.2. The number of halogens is 3. The number of alkyl halides is 2. The lowest BCUT2D eigenvalue weighted by Crippen LogP contribution is -2.48. The Hall–Kier alpha value is -4.00. The van der Waals surface area contributed by atoms with Gasteiger partial charge in [-0.1, -0.05) is 0 Å². The second-order valence-corrected chi connectivity index (χ2v) is 16.7. The van der Waals surface area contributed by atoms with E-state index in [0.717, 1.165) is 46.9 Å². The zero-order valence-electron chi connectivity index (χ0n) is 27.8. The van der Waals surface area contributed by atoms with Gasteiger partial charge in [-0.15, -0.1) is 11.3 Å². The van der Waals surface area contributed by atoms with Gasteiger partial charge in [0.15, 0.2) is 0 Å². The first-order valence-electron chi connectivity index (χ1n) is 16.5. The Morgan fingerprint density at radius 1 is 1.20 bits per heavy atom. The van der Waals surface area contributed by atoms with Gasteiger partial charge in [-0.3, -0.25) is 18.9 Å². The first-order valence-corrected chi connectivity index (χ1v) is 18.8. The highest BCUT2D eigenvalue weighted by Gasteiger charge is 2.51. The predicted octanol–water partition coefficient (Wildman–Crippen LogP) is 4.96. The molecule has 5 heterocycles. The highest BCUT2D eigenvalue weighted by atomic mass is 32.2. The van der Waals surface area contributed by atoms with Crippen LogP contribution in [-0.2, 0) is 30.8 Å². The van der Waals surface area contributed by atoms with Crippen molar-refractivity contribution in [1.29, 1.82) is 0 Å².